The van der Waals surface area contributed by atoms with Gasteiger partial charge >= 0.3 is 0 Å². The predicted molar refractivity (Wildman–Crippen MR) is 108 cm³/mol. The van der Waals surface area contributed by atoms with Gasteiger partial charge in [-0.05, 0) is 49.4 Å². The monoisotopic (exact) mass is 445 g/mol. The molecule has 0 bridgehead atoms. The molecule has 0 saturated heterocycles. The van der Waals surface area contributed by atoms with Crippen molar-refractivity contribution >= 4 is 21.8 Å². The summed E-state index contributed by atoms with van der Waals surface area (Å²) in [6.45, 7) is 2.90. The highest BCUT2D eigenvalue weighted by atomic mass is 79.9. The number of carbonyl (C=O) groups is 1. The topological polar surface area (TPSA) is 47.4 Å². The third-order valence-corrected chi connectivity index (χ3v) is 4.92. The molecule has 3 rings (SSSR count). The molecular weight excluding hydrogens is 425 g/mol. The number of amides is 1. The van der Waals surface area contributed by atoms with Gasteiger partial charge in [-0.2, -0.15) is 0 Å². The van der Waals surface area contributed by atoms with E-state index in [2.05, 4.69) is 20.9 Å². The van der Waals surface area contributed by atoms with Crippen molar-refractivity contribution in [3.05, 3.63) is 82.1 Å². The Hall–Kier alpha value is -2.67. The first kappa shape index (κ1) is 20.1. The molecule has 7 heteroatoms. The third kappa shape index (κ3) is 4.78. The number of hydrogen-bond acceptors (Lipinski definition) is 3. The number of benzene rings is 2. The van der Waals surface area contributed by atoms with Crippen LogP contribution in [0.15, 0.2) is 59.3 Å². The van der Waals surface area contributed by atoms with Crippen LogP contribution in [0, 0.1) is 5.82 Å². The number of carbonyl (C=O) groups excluding carboxylic acids is 1. The molecule has 1 heterocycles. The molecule has 1 aromatic heterocycles. The average molecular weight is 446 g/mol. The first-order valence-corrected chi connectivity index (χ1v) is 9.69. The first-order valence-electron chi connectivity index (χ1n) is 8.90. The highest BCUT2D eigenvalue weighted by Crippen LogP contribution is 2.20. The van der Waals surface area contributed by atoms with Crippen molar-refractivity contribution in [3.8, 4) is 5.75 Å². The van der Waals surface area contributed by atoms with Crippen molar-refractivity contribution in [3.63, 3.8) is 0 Å². The van der Waals surface area contributed by atoms with Gasteiger partial charge in [0.05, 0.1) is 0 Å². The lowest BCUT2D eigenvalue weighted by atomic mass is 10.1. The summed E-state index contributed by atoms with van der Waals surface area (Å²) >= 11 is 3.34. The molecule has 0 unspecified atom stereocenters. The molecule has 0 saturated carbocycles. The average Bonchev–Trinajstić information content (AvgIpc) is 3.11. The lowest BCUT2D eigenvalue weighted by Crippen LogP contribution is -2.30. The quantitative estimate of drug-likeness (QED) is 0.535. The molecule has 0 aliphatic heterocycles. The molecule has 3 aromatic rings. The predicted octanol–water partition coefficient (Wildman–Crippen LogP) is 4.56. The van der Waals surface area contributed by atoms with Crippen molar-refractivity contribution in [2.24, 2.45) is 7.05 Å². The molecule has 0 radical (unpaired) electrons. The Balaban J connectivity index is 1.66. The maximum Gasteiger partial charge on any atom is 0.254 e. The standard InChI is InChI=1S/C21H21BrFN3O2/c1-3-26(13-16-12-17(22)6-9-19(16)23)21(27)15-4-7-18(8-5-15)28-14-20-24-10-11-25(20)2/h4-12H,3,13-14H2,1-2H3. The molecule has 2 aromatic carbocycles. The number of rotatable bonds is 7. The van der Waals surface area contributed by atoms with Crippen LogP contribution in [0.1, 0.15) is 28.7 Å². The number of aryl methyl sites for hydroxylation is 1. The molecule has 5 nitrogen and oxygen atoms in total. The second kappa shape index (κ2) is 9.01. The number of halogens is 2. The SMILES string of the molecule is CCN(Cc1cc(Br)ccc1F)C(=O)c1ccc(OCc2nccn2C)cc1. The molecule has 0 aliphatic carbocycles. The Morgan fingerprint density at radius 1 is 1.25 bits per heavy atom. The third-order valence-electron chi connectivity index (χ3n) is 4.43. The fourth-order valence-corrected chi connectivity index (χ4v) is 3.17. The van der Waals surface area contributed by atoms with Gasteiger partial charge in [0.2, 0.25) is 0 Å². The van der Waals surface area contributed by atoms with Gasteiger partial charge in [-0.3, -0.25) is 4.79 Å². The second-order valence-corrected chi connectivity index (χ2v) is 7.24. The highest BCUT2D eigenvalue weighted by molar-refractivity contribution is 9.10. The van der Waals surface area contributed by atoms with E-state index in [1.807, 2.05) is 24.7 Å². The fourth-order valence-electron chi connectivity index (χ4n) is 2.76. The van der Waals surface area contributed by atoms with Crippen LogP contribution in [0.25, 0.3) is 0 Å². The Bertz CT molecular complexity index is 957. The van der Waals surface area contributed by atoms with E-state index >= 15 is 0 Å². The molecule has 1 amide bonds. The summed E-state index contributed by atoms with van der Waals surface area (Å²) in [5, 5.41) is 0. The van der Waals surface area contributed by atoms with E-state index < -0.39 is 0 Å². The number of hydrogen-bond donors (Lipinski definition) is 0. The summed E-state index contributed by atoms with van der Waals surface area (Å²) in [6.07, 6.45) is 3.57. The summed E-state index contributed by atoms with van der Waals surface area (Å²) in [5.74, 6) is 0.985. The van der Waals surface area contributed by atoms with Crippen LogP contribution in [-0.2, 0) is 20.2 Å². The van der Waals surface area contributed by atoms with Crippen molar-refractivity contribution < 1.29 is 13.9 Å². The van der Waals surface area contributed by atoms with Gasteiger partial charge in [0.1, 0.15) is 24.0 Å². The van der Waals surface area contributed by atoms with E-state index in [1.165, 1.54) is 6.07 Å². The van der Waals surface area contributed by atoms with Gasteiger partial charge in [0, 0.05) is 48.1 Å². The highest BCUT2D eigenvalue weighted by Gasteiger charge is 2.16. The van der Waals surface area contributed by atoms with Crippen LogP contribution in [0.5, 0.6) is 5.75 Å². The second-order valence-electron chi connectivity index (χ2n) is 6.32. The van der Waals surface area contributed by atoms with Crippen molar-refractivity contribution in [2.75, 3.05) is 6.54 Å². The lowest BCUT2D eigenvalue weighted by molar-refractivity contribution is 0.0751. The van der Waals surface area contributed by atoms with E-state index in [1.54, 1.807) is 47.5 Å². The van der Waals surface area contributed by atoms with Crippen LogP contribution in [0.3, 0.4) is 0 Å². The van der Waals surface area contributed by atoms with Gasteiger partial charge in [0.25, 0.3) is 5.91 Å². The first-order chi connectivity index (χ1) is 13.5. The van der Waals surface area contributed by atoms with Crippen LogP contribution in [-0.4, -0.2) is 26.9 Å². The van der Waals surface area contributed by atoms with Crippen LogP contribution in [0.2, 0.25) is 0 Å². The number of ether oxygens (including phenoxy) is 1. The minimum absolute atomic E-state index is 0.155. The van der Waals surface area contributed by atoms with Crippen molar-refractivity contribution in [1.82, 2.24) is 14.5 Å². The molecule has 0 N–H and O–H groups in total. The van der Waals surface area contributed by atoms with Crippen LogP contribution < -0.4 is 4.74 Å². The minimum Gasteiger partial charge on any atom is -0.486 e. The molecule has 0 spiro atoms. The van der Waals surface area contributed by atoms with Crippen LogP contribution >= 0.6 is 15.9 Å². The van der Waals surface area contributed by atoms with Gasteiger partial charge < -0.3 is 14.2 Å². The largest absolute Gasteiger partial charge is 0.486 e. The van der Waals surface area contributed by atoms with E-state index in [0.717, 1.165) is 10.3 Å². The lowest BCUT2D eigenvalue weighted by Gasteiger charge is -2.21. The molecular formula is C21H21BrFN3O2. The number of imidazole rings is 1. The smallest absolute Gasteiger partial charge is 0.254 e. The zero-order valence-electron chi connectivity index (χ0n) is 15.7. The summed E-state index contributed by atoms with van der Waals surface area (Å²) in [7, 11) is 1.90. The Labute approximate surface area is 171 Å². The van der Waals surface area contributed by atoms with Gasteiger partial charge in [-0.15, -0.1) is 0 Å². The maximum absolute atomic E-state index is 14.0. The summed E-state index contributed by atoms with van der Waals surface area (Å²) in [5.41, 5.74) is 1.00. The maximum atomic E-state index is 14.0. The zero-order valence-corrected chi connectivity index (χ0v) is 17.3. The molecule has 146 valence electrons. The molecule has 0 atom stereocenters. The summed E-state index contributed by atoms with van der Waals surface area (Å²) in [4.78, 5) is 18.6. The van der Waals surface area contributed by atoms with Gasteiger partial charge in [0.15, 0.2) is 0 Å². The van der Waals surface area contributed by atoms with Crippen LogP contribution in [0.4, 0.5) is 4.39 Å². The van der Waals surface area contributed by atoms with E-state index in [-0.39, 0.29) is 18.3 Å². The van der Waals surface area contributed by atoms with Crippen molar-refractivity contribution in [2.45, 2.75) is 20.1 Å². The number of aromatic nitrogens is 2. The zero-order chi connectivity index (χ0) is 20.1. The normalized spacial score (nSPS) is 10.7. The summed E-state index contributed by atoms with van der Waals surface area (Å²) < 4.78 is 22.4. The Kier molecular flexibility index (Phi) is 6.46. The fraction of sp³-hybridized carbons (Fsp3) is 0.238. The molecule has 0 aliphatic rings. The number of nitrogens with zero attached hydrogens (tertiary/aromatic N) is 3. The van der Waals surface area contributed by atoms with E-state index in [9.17, 15) is 9.18 Å². The van der Waals surface area contributed by atoms with Crippen molar-refractivity contribution in [1.29, 1.82) is 0 Å². The minimum atomic E-state index is -0.326. The molecule has 28 heavy (non-hydrogen) atoms. The van der Waals surface area contributed by atoms with Gasteiger partial charge in [-0.25, -0.2) is 9.37 Å². The van der Waals surface area contributed by atoms with E-state index in [0.29, 0.717) is 30.0 Å². The van der Waals surface area contributed by atoms with Gasteiger partial charge in [-0.1, -0.05) is 15.9 Å². The Morgan fingerprint density at radius 2 is 2.00 bits per heavy atom. The summed E-state index contributed by atoms with van der Waals surface area (Å²) in [6, 6.07) is 11.7. The molecule has 0 fully saturated rings. The van der Waals surface area contributed by atoms with E-state index in [4.69, 9.17) is 4.74 Å². The Morgan fingerprint density at radius 3 is 2.64 bits per heavy atom.